The van der Waals surface area contributed by atoms with Gasteiger partial charge in [0.1, 0.15) is 0 Å². The van der Waals surface area contributed by atoms with E-state index < -0.39 is 10.0 Å². The zero-order valence-electron chi connectivity index (χ0n) is 16.3. The molecule has 0 radical (unpaired) electrons. The second-order valence-electron chi connectivity index (χ2n) is 6.75. The minimum absolute atomic E-state index is 0.0532. The number of aromatic nitrogens is 2. The predicted octanol–water partition coefficient (Wildman–Crippen LogP) is 3.11. The summed E-state index contributed by atoms with van der Waals surface area (Å²) in [7, 11) is 0.345. The van der Waals surface area contributed by atoms with Crippen LogP contribution in [0.3, 0.4) is 0 Å². The lowest BCUT2D eigenvalue weighted by Crippen LogP contribution is -2.11. The molecule has 1 aromatic heterocycles. The van der Waals surface area contributed by atoms with Gasteiger partial charge < -0.3 is 10.2 Å². The minimum Gasteiger partial charge on any atom is -0.324 e. The van der Waals surface area contributed by atoms with Crippen molar-refractivity contribution >= 4 is 27.7 Å². The van der Waals surface area contributed by atoms with Crippen molar-refractivity contribution in [3.05, 3.63) is 72.4 Å². The van der Waals surface area contributed by atoms with E-state index in [1.165, 1.54) is 12.1 Å². The van der Waals surface area contributed by atoms with Gasteiger partial charge in [-0.25, -0.2) is 23.5 Å². The van der Waals surface area contributed by atoms with Crippen LogP contribution in [0.2, 0.25) is 0 Å². The standard InChI is InChI=1S/C21H23N5O2S/c1-26(2)15-3-4-16-5-7-17(8-6-16)20-13-14-23-21(25-20)24-18-9-11-19(12-10-18)29(22,27)28/h3-14H,15H2,1-2H3,(H2,22,27,28)(H,23,24,25)/b4-3+. The van der Waals surface area contributed by atoms with Gasteiger partial charge in [0.25, 0.3) is 0 Å². The number of anilines is 2. The van der Waals surface area contributed by atoms with Gasteiger partial charge in [-0.3, -0.25) is 0 Å². The highest BCUT2D eigenvalue weighted by Gasteiger charge is 2.08. The molecule has 0 fully saturated rings. The molecule has 0 saturated heterocycles. The maximum Gasteiger partial charge on any atom is 0.238 e. The number of likely N-dealkylation sites (N-methyl/N-ethyl adjacent to an activating group) is 1. The molecule has 0 aliphatic heterocycles. The summed E-state index contributed by atoms with van der Waals surface area (Å²) in [5.74, 6) is 0.417. The molecule has 0 amide bonds. The molecule has 0 bridgehead atoms. The molecule has 150 valence electrons. The Bertz CT molecular complexity index is 1090. The fourth-order valence-electron chi connectivity index (χ4n) is 2.60. The van der Waals surface area contributed by atoms with Crippen LogP contribution in [0.5, 0.6) is 0 Å². The molecule has 29 heavy (non-hydrogen) atoms. The van der Waals surface area contributed by atoms with Crippen LogP contribution in [-0.2, 0) is 10.0 Å². The van der Waals surface area contributed by atoms with Crippen LogP contribution in [0.15, 0.2) is 71.8 Å². The molecule has 0 saturated carbocycles. The van der Waals surface area contributed by atoms with Crippen LogP contribution in [0.4, 0.5) is 11.6 Å². The Kier molecular flexibility index (Phi) is 6.38. The van der Waals surface area contributed by atoms with Crippen LogP contribution in [0, 0.1) is 0 Å². The number of nitrogens with one attached hydrogen (secondary N) is 1. The topological polar surface area (TPSA) is 101 Å². The average molecular weight is 410 g/mol. The van der Waals surface area contributed by atoms with Crippen LogP contribution >= 0.6 is 0 Å². The number of nitrogens with two attached hydrogens (primary N) is 1. The molecule has 0 aliphatic carbocycles. The molecule has 1 heterocycles. The third kappa shape index (κ3) is 5.95. The van der Waals surface area contributed by atoms with E-state index in [0.29, 0.717) is 11.6 Å². The van der Waals surface area contributed by atoms with Gasteiger partial charge in [-0.2, -0.15) is 0 Å². The first-order valence-corrected chi connectivity index (χ1v) is 10.5. The van der Waals surface area contributed by atoms with Crippen LogP contribution in [0.25, 0.3) is 17.3 Å². The van der Waals surface area contributed by atoms with Crippen LogP contribution < -0.4 is 10.5 Å². The quantitative estimate of drug-likeness (QED) is 0.622. The Morgan fingerprint density at radius 2 is 1.72 bits per heavy atom. The Hall–Kier alpha value is -3.07. The third-order valence-electron chi connectivity index (χ3n) is 4.08. The predicted molar refractivity (Wildman–Crippen MR) is 116 cm³/mol. The van der Waals surface area contributed by atoms with Gasteiger partial charge in [0.2, 0.25) is 16.0 Å². The molecule has 0 atom stereocenters. The molecule has 3 rings (SSSR count). The Morgan fingerprint density at radius 1 is 1.03 bits per heavy atom. The van der Waals surface area contributed by atoms with E-state index in [1.807, 2.05) is 44.4 Å². The molecule has 0 aliphatic rings. The molecule has 7 nitrogen and oxygen atoms in total. The number of sulfonamides is 1. The Morgan fingerprint density at radius 3 is 2.34 bits per heavy atom. The molecule has 0 unspecified atom stereocenters. The number of benzene rings is 2. The Balaban J connectivity index is 1.73. The van der Waals surface area contributed by atoms with Gasteiger partial charge in [-0.15, -0.1) is 0 Å². The molecule has 8 heteroatoms. The largest absolute Gasteiger partial charge is 0.324 e. The number of primary sulfonamides is 1. The lowest BCUT2D eigenvalue weighted by Gasteiger charge is -2.08. The molecular weight excluding hydrogens is 386 g/mol. The molecular formula is C21H23N5O2S. The number of hydrogen-bond acceptors (Lipinski definition) is 6. The summed E-state index contributed by atoms with van der Waals surface area (Å²) >= 11 is 0. The van der Waals surface area contributed by atoms with Crippen LogP contribution in [-0.4, -0.2) is 43.9 Å². The summed E-state index contributed by atoms with van der Waals surface area (Å²) in [5, 5.41) is 8.18. The van der Waals surface area contributed by atoms with E-state index >= 15 is 0 Å². The molecule has 3 aromatic rings. The first kappa shape index (κ1) is 20.7. The number of nitrogens with zero attached hydrogens (tertiary/aromatic N) is 3. The fourth-order valence-corrected chi connectivity index (χ4v) is 3.12. The van der Waals surface area contributed by atoms with E-state index in [-0.39, 0.29) is 4.90 Å². The van der Waals surface area contributed by atoms with Gasteiger partial charge >= 0.3 is 0 Å². The van der Waals surface area contributed by atoms with Crippen molar-refractivity contribution in [2.75, 3.05) is 26.0 Å². The van der Waals surface area contributed by atoms with E-state index in [9.17, 15) is 8.42 Å². The lowest BCUT2D eigenvalue weighted by molar-refractivity contribution is 0.457. The normalized spacial score (nSPS) is 11.9. The number of rotatable bonds is 7. The second-order valence-corrected chi connectivity index (χ2v) is 8.31. The van der Waals surface area contributed by atoms with Gasteiger partial charge in [-0.05, 0) is 50.0 Å². The zero-order valence-corrected chi connectivity index (χ0v) is 17.1. The smallest absolute Gasteiger partial charge is 0.238 e. The Labute approximate surface area is 171 Å². The molecule has 2 aromatic carbocycles. The maximum atomic E-state index is 11.3. The van der Waals surface area contributed by atoms with Crippen molar-refractivity contribution < 1.29 is 8.42 Å². The van der Waals surface area contributed by atoms with E-state index in [2.05, 4.69) is 32.3 Å². The summed E-state index contributed by atoms with van der Waals surface area (Å²) in [4.78, 5) is 10.9. The van der Waals surface area contributed by atoms with Crippen molar-refractivity contribution in [2.45, 2.75) is 4.90 Å². The monoisotopic (exact) mass is 409 g/mol. The first-order valence-electron chi connectivity index (χ1n) is 8.96. The highest BCUT2D eigenvalue weighted by atomic mass is 32.2. The summed E-state index contributed by atoms with van der Waals surface area (Å²) in [6, 6.07) is 16.1. The SMILES string of the molecule is CN(C)C/C=C/c1ccc(-c2ccnc(Nc3ccc(S(N)(=O)=O)cc3)n2)cc1. The third-order valence-corrected chi connectivity index (χ3v) is 5.01. The van der Waals surface area contributed by atoms with Crippen molar-refractivity contribution in [2.24, 2.45) is 5.14 Å². The summed E-state index contributed by atoms with van der Waals surface area (Å²) in [6.07, 6.45) is 5.87. The summed E-state index contributed by atoms with van der Waals surface area (Å²) in [6.45, 7) is 0.890. The van der Waals surface area contributed by atoms with Crippen molar-refractivity contribution in [1.82, 2.24) is 14.9 Å². The van der Waals surface area contributed by atoms with Gasteiger partial charge in [0.05, 0.1) is 10.6 Å². The van der Waals surface area contributed by atoms with Gasteiger partial charge in [0.15, 0.2) is 0 Å². The molecule has 3 N–H and O–H groups in total. The van der Waals surface area contributed by atoms with E-state index in [0.717, 1.165) is 23.4 Å². The van der Waals surface area contributed by atoms with Gasteiger partial charge in [0, 0.05) is 24.0 Å². The van der Waals surface area contributed by atoms with Gasteiger partial charge in [-0.1, -0.05) is 36.4 Å². The van der Waals surface area contributed by atoms with Crippen molar-refractivity contribution in [3.63, 3.8) is 0 Å². The van der Waals surface area contributed by atoms with E-state index in [4.69, 9.17) is 5.14 Å². The maximum absolute atomic E-state index is 11.3. The van der Waals surface area contributed by atoms with Crippen LogP contribution in [0.1, 0.15) is 5.56 Å². The average Bonchev–Trinajstić information content (AvgIpc) is 2.68. The minimum atomic E-state index is -3.72. The van der Waals surface area contributed by atoms with Crippen molar-refractivity contribution in [3.8, 4) is 11.3 Å². The second kappa shape index (κ2) is 8.95. The first-order chi connectivity index (χ1) is 13.8. The highest BCUT2D eigenvalue weighted by Crippen LogP contribution is 2.21. The number of hydrogen-bond donors (Lipinski definition) is 2. The van der Waals surface area contributed by atoms with Crippen molar-refractivity contribution in [1.29, 1.82) is 0 Å². The fraction of sp³-hybridized carbons (Fsp3) is 0.143. The van der Waals surface area contributed by atoms with E-state index in [1.54, 1.807) is 18.3 Å². The highest BCUT2D eigenvalue weighted by molar-refractivity contribution is 7.89. The lowest BCUT2D eigenvalue weighted by atomic mass is 10.1. The summed E-state index contributed by atoms with van der Waals surface area (Å²) < 4.78 is 22.7. The zero-order chi connectivity index (χ0) is 20.9. The molecule has 0 spiro atoms. The summed E-state index contributed by atoms with van der Waals surface area (Å²) in [5.41, 5.74) is 3.55.